The van der Waals surface area contributed by atoms with Crippen molar-refractivity contribution in [3.8, 4) is 0 Å². The summed E-state index contributed by atoms with van der Waals surface area (Å²) >= 11 is 1.65. The molecule has 0 saturated heterocycles. The lowest BCUT2D eigenvalue weighted by atomic mass is 10.4. The molecule has 1 aromatic heterocycles. The summed E-state index contributed by atoms with van der Waals surface area (Å²) in [5.41, 5.74) is 0.171. The summed E-state index contributed by atoms with van der Waals surface area (Å²) in [5, 5.41) is 3.43. The molecule has 0 aliphatic rings. The first-order valence-electron chi connectivity index (χ1n) is 3.17. The number of aromatic nitrogens is 2. The third-order valence-corrected chi connectivity index (χ3v) is 2.44. The molecule has 0 aromatic carbocycles. The van der Waals surface area contributed by atoms with Gasteiger partial charge in [-0.05, 0) is 22.6 Å². The van der Waals surface area contributed by atoms with E-state index in [1.807, 2.05) is 0 Å². The molecule has 0 aliphatic heterocycles. The minimum Gasteiger partial charge on any atom is -0.298 e. The summed E-state index contributed by atoms with van der Waals surface area (Å²) in [5.74, 6) is 0. The predicted octanol–water partition coefficient (Wildman–Crippen LogP) is 1.86. The Hall–Kier alpha value is -0.600. The molecule has 0 fully saturated rings. The number of carbonyl (C=O) groups excluding carboxylic acids is 1. The Labute approximate surface area is 85.1 Å². The molecule has 0 amide bonds. The molecule has 0 aliphatic carbocycles. The number of rotatable bonds is 2. The van der Waals surface area contributed by atoms with Gasteiger partial charge in [0.05, 0.1) is 11.8 Å². The molecule has 1 heterocycles. The van der Waals surface area contributed by atoms with E-state index in [0.29, 0.717) is 6.29 Å². The van der Waals surface area contributed by atoms with Gasteiger partial charge in [0.15, 0.2) is 6.29 Å². The Morgan fingerprint density at radius 2 is 2.23 bits per heavy atom. The van der Waals surface area contributed by atoms with E-state index in [2.05, 4.69) is 5.10 Å². The summed E-state index contributed by atoms with van der Waals surface area (Å²) in [7, 11) is 0. The SMILES string of the molecule is O=Cc1cnn(CC(F)(F)F)c1I. The van der Waals surface area contributed by atoms with Crippen molar-refractivity contribution in [2.45, 2.75) is 12.7 Å². The maximum absolute atomic E-state index is 11.9. The molecule has 0 bridgehead atoms. The van der Waals surface area contributed by atoms with Crippen molar-refractivity contribution in [2.75, 3.05) is 0 Å². The highest BCUT2D eigenvalue weighted by atomic mass is 127. The van der Waals surface area contributed by atoms with Crippen molar-refractivity contribution >= 4 is 28.9 Å². The van der Waals surface area contributed by atoms with Gasteiger partial charge in [-0.1, -0.05) is 0 Å². The van der Waals surface area contributed by atoms with Gasteiger partial charge in [0.1, 0.15) is 10.2 Å². The lowest BCUT2D eigenvalue weighted by molar-refractivity contribution is -0.143. The standard InChI is InChI=1S/C6H4F3IN2O/c7-6(8,9)3-12-5(10)4(2-13)1-11-12/h1-2H,3H2. The van der Waals surface area contributed by atoms with Gasteiger partial charge in [-0.2, -0.15) is 18.3 Å². The molecule has 0 saturated carbocycles. The van der Waals surface area contributed by atoms with Gasteiger partial charge in [-0.15, -0.1) is 0 Å². The van der Waals surface area contributed by atoms with Gasteiger partial charge in [0.25, 0.3) is 0 Å². The molecule has 0 N–H and O–H groups in total. The summed E-state index contributed by atoms with van der Waals surface area (Å²) < 4.78 is 36.6. The van der Waals surface area contributed by atoms with Gasteiger partial charge in [0, 0.05) is 0 Å². The van der Waals surface area contributed by atoms with Crippen LogP contribution < -0.4 is 0 Å². The molecule has 72 valence electrons. The summed E-state index contributed by atoms with van der Waals surface area (Å²) in [6, 6.07) is 0. The first kappa shape index (κ1) is 10.5. The molecular formula is C6H4F3IN2O. The highest BCUT2D eigenvalue weighted by Crippen LogP contribution is 2.19. The van der Waals surface area contributed by atoms with Crippen LogP contribution >= 0.6 is 22.6 Å². The average molecular weight is 304 g/mol. The Morgan fingerprint density at radius 1 is 1.62 bits per heavy atom. The van der Waals surface area contributed by atoms with Crippen LogP contribution in [0.3, 0.4) is 0 Å². The molecule has 0 radical (unpaired) electrons. The smallest absolute Gasteiger partial charge is 0.298 e. The number of aldehydes is 1. The van der Waals surface area contributed by atoms with E-state index in [4.69, 9.17) is 0 Å². The molecule has 13 heavy (non-hydrogen) atoms. The van der Waals surface area contributed by atoms with Crippen molar-refractivity contribution < 1.29 is 18.0 Å². The van der Waals surface area contributed by atoms with E-state index < -0.39 is 12.7 Å². The van der Waals surface area contributed by atoms with Crippen LogP contribution in [0.15, 0.2) is 6.20 Å². The van der Waals surface area contributed by atoms with Gasteiger partial charge < -0.3 is 0 Å². The van der Waals surface area contributed by atoms with Gasteiger partial charge in [-0.25, -0.2) is 4.68 Å². The second-order valence-corrected chi connectivity index (χ2v) is 3.30. The number of hydrogen-bond acceptors (Lipinski definition) is 2. The van der Waals surface area contributed by atoms with Crippen LogP contribution in [0.1, 0.15) is 10.4 Å². The van der Waals surface area contributed by atoms with E-state index in [1.165, 1.54) is 0 Å². The Morgan fingerprint density at radius 3 is 2.62 bits per heavy atom. The van der Waals surface area contributed by atoms with Crippen LogP contribution in [0, 0.1) is 3.70 Å². The molecule has 3 nitrogen and oxygen atoms in total. The van der Waals surface area contributed by atoms with Crippen LogP contribution in [0.4, 0.5) is 13.2 Å². The zero-order chi connectivity index (χ0) is 10.1. The fourth-order valence-electron chi connectivity index (χ4n) is 0.744. The zero-order valence-corrected chi connectivity index (χ0v) is 8.33. The van der Waals surface area contributed by atoms with Crippen molar-refractivity contribution in [3.63, 3.8) is 0 Å². The third-order valence-electron chi connectivity index (χ3n) is 1.26. The van der Waals surface area contributed by atoms with Gasteiger partial charge in [0.2, 0.25) is 0 Å². The summed E-state index contributed by atoms with van der Waals surface area (Å²) in [6.07, 6.45) is -2.73. The van der Waals surface area contributed by atoms with Crippen LogP contribution in [0.25, 0.3) is 0 Å². The van der Waals surface area contributed by atoms with E-state index in [9.17, 15) is 18.0 Å². The third kappa shape index (κ3) is 2.68. The number of carbonyl (C=O) groups is 1. The topological polar surface area (TPSA) is 34.9 Å². The van der Waals surface area contributed by atoms with Gasteiger partial charge in [-0.3, -0.25) is 4.79 Å². The number of alkyl halides is 3. The molecular weight excluding hydrogens is 300 g/mol. The Kier molecular flexibility index (Phi) is 2.94. The number of hydrogen-bond donors (Lipinski definition) is 0. The molecule has 1 rings (SSSR count). The van der Waals surface area contributed by atoms with E-state index in [1.54, 1.807) is 22.6 Å². The Balaban J connectivity index is 2.90. The van der Waals surface area contributed by atoms with Crippen LogP contribution in [0.2, 0.25) is 0 Å². The van der Waals surface area contributed by atoms with Crippen LogP contribution in [-0.2, 0) is 6.54 Å². The Bertz CT molecular complexity index is 320. The lowest BCUT2D eigenvalue weighted by Gasteiger charge is -2.06. The van der Waals surface area contributed by atoms with Crippen molar-refractivity contribution in [1.29, 1.82) is 0 Å². The van der Waals surface area contributed by atoms with Crippen LogP contribution in [0.5, 0.6) is 0 Å². The van der Waals surface area contributed by atoms with Crippen molar-refractivity contribution in [3.05, 3.63) is 15.5 Å². The zero-order valence-electron chi connectivity index (χ0n) is 6.18. The number of nitrogens with zero attached hydrogens (tertiary/aromatic N) is 2. The monoisotopic (exact) mass is 304 g/mol. The first-order chi connectivity index (χ1) is 5.94. The minimum atomic E-state index is -4.31. The fraction of sp³-hybridized carbons (Fsp3) is 0.333. The largest absolute Gasteiger partial charge is 0.408 e. The maximum atomic E-state index is 11.9. The second kappa shape index (κ2) is 3.64. The molecule has 7 heteroatoms. The molecule has 0 spiro atoms. The summed E-state index contributed by atoms with van der Waals surface area (Å²) in [4.78, 5) is 10.3. The van der Waals surface area contributed by atoms with E-state index in [-0.39, 0.29) is 9.26 Å². The normalized spacial score (nSPS) is 11.7. The lowest BCUT2D eigenvalue weighted by Crippen LogP contribution is -2.19. The first-order valence-corrected chi connectivity index (χ1v) is 4.25. The van der Waals surface area contributed by atoms with E-state index >= 15 is 0 Å². The molecule has 1 aromatic rings. The van der Waals surface area contributed by atoms with Crippen molar-refractivity contribution in [1.82, 2.24) is 9.78 Å². The number of halogens is 4. The average Bonchev–Trinajstić information content (AvgIpc) is 2.30. The minimum absolute atomic E-state index is 0.171. The molecule has 0 unspecified atom stereocenters. The van der Waals surface area contributed by atoms with Crippen molar-refractivity contribution in [2.24, 2.45) is 0 Å². The summed E-state index contributed by atoms with van der Waals surface area (Å²) in [6.45, 7) is -1.17. The molecule has 0 atom stereocenters. The van der Waals surface area contributed by atoms with Crippen LogP contribution in [-0.4, -0.2) is 22.2 Å². The maximum Gasteiger partial charge on any atom is 0.408 e. The highest BCUT2D eigenvalue weighted by Gasteiger charge is 2.29. The van der Waals surface area contributed by atoms with E-state index in [0.717, 1.165) is 10.9 Å². The fourth-order valence-corrected chi connectivity index (χ4v) is 1.31. The second-order valence-electron chi connectivity index (χ2n) is 2.28. The van der Waals surface area contributed by atoms with Gasteiger partial charge >= 0.3 is 6.18 Å². The predicted molar refractivity (Wildman–Crippen MR) is 46.4 cm³/mol. The highest BCUT2D eigenvalue weighted by molar-refractivity contribution is 14.1. The quantitative estimate of drug-likeness (QED) is 0.617.